The zero-order valence-electron chi connectivity index (χ0n) is 13.1. The molecule has 0 N–H and O–H groups in total. The Morgan fingerprint density at radius 1 is 0.913 bits per heavy atom. The summed E-state index contributed by atoms with van der Waals surface area (Å²) >= 11 is 0. The molecular weight excluding hydrogens is 300 g/mol. The van der Waals surface area contributed by atoms with Crippen molar-refractivity contribution >= 4 is 6.16 Å². The van der Waals surface area contributed by atoms with E-state index in [2.05, 4.69) is 0 Å². The van der Waals surface area contributed by atoms with Crippen LogP contribution in [-0.4, -0.2) is 26.7 Å². The topological polar surface area (TPSA) is 63.2 Å². The van der Waals surface area contributed by atoms with E-state index in [1.54, 1.807) is 37.3 Å². The van der Waals surface area contributed by atoms with E-state index in [1.165, 1.54) is 14.2 Å². The number of methoxy groups -OCH3 is 2. The molecule has 2 aromatic rings. The van der Waals surface area contributed by atoms with Crippen molar-refractivity contribution in [3.8, 4) is 23.0 Å². The second kappa shape index (κ2) is 7.93. The summed E-state index contributed by atoms with van der Waals surface area (Å²) in [5, 5.41) is 0. The molecule has 23 heavy (non-hydrogen) atoms. The molecule has 0 saturated carbocycles. The lowest BCUT2D eigenvalue weighted by molar-refractivity contribution is -0.0372. The second-order valence-electron chi connectivity index (χ2n) is 4.46. The molecular formula is C17H18O6. The molecule has 0 aromatic heterocycles. The van der Waals surface area contributed by atoms with E-state index in [9.17, 15) is 4.79 Å². The highest BCUT2D eigenvalue weighted by Gasteiger charge is 2.17. The van der Waals surface area contributed by atoms with E-state index in [4.69, 9.17) is 23.7 Å². The van der Waals surface area contributed by atoms with E-state index < -0.39 is 12.4 Å². The zero-order chi connectivity index (χ0) is 16.7. The van der Waals surface area contributed by atoms with Gasteiger partial charge in [-0.1, -0.05) is 24.3 Å². The molecule has 0 spiro atoms. The smallest absolute Gasteiger partial charge is 0.493 e. The first-order valence-corrected chi connectivity index (χ1v) is 6.95. The van der Waals surface area contributed by atoms with Crippen LogP contribution in [0, 0.1) is 0 Å². The predicted molar refractivity (Wildman–Crippen MR) is 83.2 cm³/mol. The fourth-order valence-corrected chi connectivity index (χ4v) is 1.90. The molecule has 0 bridgehead atoms. The number of benzene rings is 2. The van der Waals surface area contributed by atoms with Crippen LogP contribution in [0.2, 0.25) is 0 Å². The van der Waals surface area contributed by atoms with Gasteiger partial charge in [-0.3, -0.25) is 0 Å². The number of carbonyl (C=O) groups excluding carboxylic acids is 1. The average molecular weight is 318 g/mol. The van der Waals surface area contributed by atoms with Crippen LogP contribution in [0.4, 0.5) is 4.79 Å². The lowest BCUT2D eigenvalue weighted by Crippen LogP contribution is -2.23. The highest BCUT2D eigenvalue weighted by molar-refractivity contribution is 5.66. The van der Waals surface area contributed by atoms with E-state index in [0.29, 0.717) is 17.2 Å². The van der Waals surface area contributed by atoms with Gasteiger partial charge in [0.05, 0.1) is 14.2 Å². The van der Waals surface area contributed by atoms with Crippen molar-refractivity contribution in [2.75, 3.05) is 14.2 Å². The van der Waals surface area contributed by atoms with Crippen LogP contribution in [0.1, 0.15) is 6.92 Å². The number of rotatable bonds is 6. The molecule has 0 aliphatic carbocycles. The summed E-state index contributed by atoms with van der Waals surface area (Å²) in [7, 11) is 2.95. The number of hydrogen-bond donors (Lipinski definition) is 0. The van der Waals surface area contributed by atoms with E-state index in [0.717, 1.165) is 0 Å². The van der Waals surface area contributed by atoms with Gasteiger partial charge in [0.15, 0.2) is 11.5 Å². The molecule has 0 amide bonds. The summed E-state index contributed by atoms with van der Waals surface area (Å²) in [5.41, 5.74) is 0. The predicted octanol–water partition coefficient (Wildman–Crippen LogP) is 3.64. The SMILES string of the molecule is COc1cccc(OC(=O)OC(C)Oc2ccccc2)c1OC. The normalized spacial score (nSPS) is 11.3. The first-order chi connectivity index (χ1) is 11.1. The van der Waals surface area contributed by atoms with Crippen molar-refractivity contribution in [1.82, 2.24) is 0 Å². The van der Waals surface area contributed by atoms with Crippen molar-refractivity contribution in [1.29, 1.82) is 0 Å². The zero-order valence-corrected chi connectivity index (χ0v) is 13.1. The molecule has 122 valence electrons. The number of para-hydroxylation sites is 2. The van der Waals surface area contributed by atoms with Gasteiger partial charge in [-0.05, 0) is 24.3 Å². The van der Waals surface area contributed by atoms with Gasteiger partial charge in [0, 0.05) is 6.92 Å². The molecule has 1 atom stereocenters. The van der Waals surface area contributed by atoms with Crippen LogP contribution < -0.4 is 18.9 Å². The Kier molecular flexibility index (Phi) is 5.68. The van der Waals surface area contributed by atoms with Gasteiger partial charge in [-0.2, -0.15) is 0 Å². The first-order valence-electron chi connectivity index (χ1n) is 6.95. The highest BCUT2D eigenvalue weighted by atomic mass is 16.8. The Balaban J connectivity index is 1.97. The molecule has 2 rings (SSSR count). The largest absolute Gasteiger partial charge is 0.517 e. The fourth-order valence-electron chi connectivity index (χ4n) is 1.90. The van der Waals surface area contributed by atoms with Gasteiger partial charge in [-0.25, -0.2) is 4.79 Å². The van der Waals surface area contributed by atoms with Gasteiger partial charge in [-0.15, -0.1) is 0 Å². The third kappa shape index (κ3) is 4.54. The molecule has 2 aromatic carbocycles. The summed E-state index contributed by atoms with van der Waals surface area (Å²) in [4.78, 5) is 11.9. The molecule has 6 heteroatoms. The van der Waals surface area contributed by atoms with Gasteiger partial charge in [0.25, 0.3) is 0 Å². The Labute approximate surface area is 134 Å². The molecule has 0 saturated heterocycles. The van der Waals surface area contributed by atoms with Crippen LogP contribution in [0.25, 0.3) is 0 Å². The van der Waals surface area contributed by atoms with Crippen LogP contribution in [-0.2, 0) is 4.74 Å². The summed E-state index contributed by atoms with van der Waals surface area (Å²) in [5.74, 6) is 1.55. The van der Waals surface area contributed by atoms with Gasteiger partial charge in [0.1, 0.15) is 5.75 Å². The average Bonchev–Trinajstić information content (AvgIpc) is 2.55. The summed E-state index contributed by atoms with van der Waals surface area (Å²) < 4.78 is 26.0. The first kappa shape index (κ1) is 16.5. The third-order valence-electron chi connectivity index (χ3n) is 2.87. The number of hydrogen-bond acceptors (Lipinski definition) is 6. The fraction of sp³-hybridized carbons (Fsp3) is 0.235. The van der Waals surface area contributed by atoms with Crippen LogP contribution in [0.15, 0.2) is 48.5 Å². The molecule has 0 fully saturated rings. The molecule has 6 nitrogen and oxygen atoms in total. The van der Waals surface area contributed by atoms with Gasteiger partial charge in [0.2, 0.25) is 12.0 Å². The summed E-state index contributed by atoms with van der Waals surface area (Å²) in [6, 6.07) is 14.0. The maximum atomic E-state index is 11.9. The van der Waals surface area contributed by atoms with Crippen molar-refractivity contribution in [3.05, 3.63) is 48.5 Å². The monoisotopic (exact) mass is 318 g/mol. The summed E-state index contributed by atoms with van der Waals surface area (Å²) in [6.07, 6.45) is -1.71. The van der Waals surface area contributed by atoms with E-state index in [-0.39, 0.29) is 5.75 Å². The van der Waals surface area contributed by atoms with Gasteiger partial charge >= 0.3 is 6.16 Å². The Bertz CT molecular complexity index is 641. The molecule has 0 radical (unpaired) electrons. The van der Waals surface area contributed by atoms with Crippen LogP contribution >= 0.6 is 0 Å². The third-order valence-corrected chi connectivity index (χ3v) is 2.87. The maximum absolute atomic E-state index is 11.9. The van der Waals surface area contributed by atoms with Gasteiger partial charge < -0.3 is 23.7 Å². The van der Waals surface area contributed by atoms with E-state index in [1.807, 2.05) is 18.2 Å². The second-order valence-corrected chi connectivity index (χ2v) is 4.46. The van der Waals surface area contributed by atoms with Crippen molar-refractivity contribution in [2.45, 2.75) is 13.2 Å². The Morgan fingerprint density at radius 3 is 2.26 bits per heavy atom. The Hall–Kier alpha value is -2.89. The summed E-state index contributed by atoms with van der Waals surface area (Å²) in [6.45, 7) is 1.59. The van der Waals surface area contributed by atoms with Crippen molar-refractivity contribution in [3.63, 3.8) is 0 Å². The standard InChI is InChI=1S/C17H18O6/c1-12(21-13-8-5-4-6-9-13)22-17(18)23-15-11-7-10-14(19-2)16(15)20-3/h4-12H,1-3H3. The number of carbonyl (C=O) groups is 1. The minimum absolute atomic E-state index is 0.198. The van der Waals surface area contributed by atoms with Crippen molar-refractivity contribution < 1.29 is 28.5 Å². The lowest BCUT2D eigenvalue weighted by atomic mass is 10.3. The quantitative estimate of drug-likeness (QED) is 0.460. The molecule has 0 aliphatic heterocycles. The van der Waals surface area contributed by atoms with Crippen LogP contribution in [0.5, 0.6) is 23.0 Å². The Morgan fingerprint density at radius 2 is 1.61 bits per heavy atom. The molecule has 1 unspecified atom stereocenters. The minimum atomic E-state index is -0.903. The van der Waals surface area contributed by atoms with E-state index >= 15 is 0 Å². The maximum Gasteiger partial charge on any atom is 0.517 e. The minimum Gasteiger partial charge on any atom is -0.493 e. The lowest BCUT2D eigenvalue weighted by Gasteiger charge is -2.16. The molecule has 0 aliphatic rings. The number of ether oxygens (including phenoxy) is 5. The van der Waals surface area contributed by atoms with Crippen LogP contribution in [0.3, 0.4) is 0 Å². The van der Waals surface area contributed by atoms with Crippen molar-refractivity contribution in [2.24, 2.45) is 0 Å². The molecule has 0 heterocycles. The highest BCUT2D eigenvalue weighted by Crippen LogP contribution is 2.36.